The Kier molecular flexibility index (Phi) is 5.38. The molecule has 2 heterocycles. The molecule has 0 spiro atoms. The quantitative estimate of drug-likeness (QED) is 0.896. The number of aromatic nitrogens is 1. The monoisotopic (exact) mass is 277 g/mol. The Morgan fingerprint density at radius 2 is 2.25 bits per heavy atom. The molecule has 0 radical (unpaired) electrons. The van der Waals surface area contributed by atoms with Gasteiger partial charge in [0.25, 0.3) is 0 Å². The van der Waals surface area contributed by atoms with Crippen molar-refractivity contribution in [2.45, 2.75) is 52.8 Å². The van der Waals surface area contributed by atoms with Crippen LogP contribution in [0.1, 0.15) is 39.0 Å². The summed E-state index contributed by atoms with van der Waals surface area (Å²) in [5.41, 5.74) is 2.49. The Morgan fingerprint density at radius 1 is 1.45 bits per heavy atom. The number of nitrogens with one attached hydrogen (secondary N) is 1. The van der Waals surface area contributed by atoms with Gasteiger partial charge in [0, 0.05) is 31.4 Å². The van der Waals surface area contributed by atoms with Crippen LogP contribution in [0.2, 0.25) is 0 Å². The van der Waals surface area contributed by atoms with Crippen LogP contribution in [0.15, 0.2) is 12.1 Å². The van der Waals surface area contributed by atoms with Crippen molar-refractivity contribution in [1.29, 1.82) is 0 Å². The summed E-state index contributed by atoms with van der Waals surface area (Å²) in [6, 6.07) is 4.93. The van der Waals surface area contributed by atoms with Gasteiger partial charge in [0.05, 0.1) is 12.7 Å². The topological polar surface area (TPSA) is 37.4 Å². The van der Waals surface area contributed by atoms with Crippen molar-refractivity contribution in [2.24, 2.45) is 0 Å². The van der Waals surface area contributed by atoms with Crippen LogP contribution in [-0.4, -0.2) is 36.8 Å². The molecule has 0 aromatic carbocycles. The van der Waals surface area contributed by atoms with Crippen LogP contribution in [-0.2, 0) is 17.7 Å². The van der Waals surface area contributed by atoms with Crippen LogP contribution >= 0.6 is 0 Å². The SMILES string of the molecule is CCc1cc(CNC(C)C)cc(N2CCOC(C)C2)n1. The average molecular weight is 277 g/mol. The van der Waals surface area contributed by atoms with Gasteiger partial charge in [0.1, 0.15) is 5.82 Å². The lowest BCUT2D eigenvalue weighted by atomic mass is 10.1. The van der Waals surface area contributed by atoms with Crippen molar-refractivity contribution in [3.05, 3.63) is 23.4 Å². The van der Waals surface area contributed by atoms with Gasteiger partial charge in [-0.15, -0.1) is 0 Å². The van der Waals surface area contributed by atoms with Crippen molar-refractivity contribution >= 4 is 5.82 Å². The maximum atomic E-state index is 5.61. The zero-order valence-electron chi connectivity index (χ0n) is 13.1. The van der Waals surface area contributed by atoms with Crippen LogP contribution in [0, 0.1) is 0 Å². The van der Waals surface area contributed by atoms with Crippen molar-refractivity contribution in [3.8, 4) is 0 Å². The third-order valence-electron chi connectivity index (χ3n) is 3.57. The molecule has 1 fully saturated rings. The van der Waals surface area contributed by atoms with Crippen molar-refractivity contribution < 1.29 is 4.74 Å². The molecule has 112 valence electrons. The van der Waals surface area contributed by atoms with E-state index in [4.69, 9.17) is 9.72 Å². The molecule has 0 aliphatic carbocycles. The number of anilines is 1. The maximum Gasteiger partial charge on any atom is 0.129 e. The van der Waals surface area contributed by atoms with Gasteiger partial charge in [-0.25, -0.2) is 4.98 Å². The van der Waals surface area contributed by atoms with Crippen LogP contribution < -0.4 is 10.2 Å². The maximum absolute atomic E-state index is 5.61. The minimum Gasteiger partial charge on any atom is -0.375 e. The van der Waals surface area contributed by atoms with Crippen LogP contribution in [0.4, 0.5) is 5.82 Å². The van der Waals surface area contributed by atoms with Gasteiger partial charge >= 0.3 is 0 Å². The second-order valence-electron chi connectivity index (χ2n) is 5.84. The third kappa shape index (κ3) is 4.18. The number of ether oxygens (including phenoxy) is 1. The molecule has 0 saturated carbocycles. The summed E-state index contributed by atoms with van der Waals surface area (Å²) in [4.78, 5) is 7.12. The molecule has 1 unspecified atom stereocenters. The first-order chi connectivity index (χ1) is 9.58. The van der Waals surface area contributed by atoms with E-state index >= 15 is 0 Å². The number of rotatable bonds is 5. The average Bonchev–Trinajstić information content (AvgIpc) is 2.44. The fraction of sp³-hybridized carbons (Fsp3) is 0.688. The van der Waals surface area contributed by atoms with Gasteiger partial charge in [-0.05, 0) is 31.0 Å². The summed E-state index contributed by atoms with van der Waals surface area (Å²) in [6.45, 7) is 12.2. The molecular formula is C16H27N3O. The lowest BCUT2D eigenvalue weighted by Gasteiger charge is -2.32. The molecule has 1 aliphatic rings. The molecule has 1 saturated heterocycles. The standard InChI is InChI=1S/C16H27N3O/c1-5-15-8-14(10-17-12(2)3)9-16(18-15)19-6-7-20-13(4)11-19/h8-9,12-13,17H,5-7,10-11H2,1-4H3. The van der Waals surface area contributed by atoms with Gasteiger partial charge in [-0.3, -0.25) is 0 Å². The normalized spacial score (nSPS) is 19.6. The highest BCUT2D eigenvalue weighted by Crippen LogP contribution is 2.18. The predicted molar refractivity (Wildman–Crippen MR) is 83.2 cm³/mol. The summed E-state index contributed by atoms with van der Waals surface area (Å²) >= 11 is 0. The molecule has 0 amide bonds. The predicted octanol–water partition coefficient (Wildman–Crippen LogP) is 2.37. The number of aryl methyl sites for hydroxylation is 1. The highest BCUT2D eigenvalue weighted by molar-refractivity contribution is 5.43. The number of pyridine rings is 1. The lowest BCUT2D eigenvalue weighted by Crippen LogP contribution is -2.41. The number of morpholine rings is 1. The molecule has 20 heavy (non-hydrogen) atoms. The fourth-order valence-corrected chi connectivity index (χ4v) is 2.43. The fourth-order valence-electron chi connectivity index (χ4n) is 2.43. The van der Waals surface area contributed by atoms with E-state index in [1.807, 2.05) is 0 Å². The molecule has 1 N–H and O–H groups in total. The first-order valence-electron chi connectivity index (χ1n) is 7.68. The van der Waals surface area contributed by atoms with Gasteiger partial charge in [0.2, 0.25) is 0 Å². The van der Waals surface area contributed by atoms with E-state index in [9.17, 15) is 0 Å². The number of nitrogens with zero attached hydrogens (tertiary/aromatic N) is 2. The Morgan fingerprint density at radius 3 is 2.90 bits per heavy atom. The van der Waals surface area contributed by atoms with Gasteiger partial charge < -0.3 is 15.0 Å². The second-order valence-corrected chi connectivity index (χ2v) is 5.84. The molecule has 1 aromatic heterocycles. The molecular weight excluding hydrogens is 250 g/mol. The summed E-state index contributed by atoms with van der Waals surface area (Å²) in [7, 11) is 0. The minimum absolute atomic E-state index is 0.285. The Balaban J connectivity index is 2.16. The highest BCUT2D eigenvalue weighted by atomic mass is 16.5. The summed E-state index contributed by atoms with van der Waals surface area (Å²) in [5.74, 6) is 1.10. The van der Waals surface area contributed by atoms with E-state index < -0.39 is 0 Å². The Hall–Kier alpha value is -1.13. The first kappa shape index (κ1) is 15.3. The second kappa shape index (κ2) is 7.04. The van der Waals surface area contributed by atoms with E-state index in [0.717, 1.165) is 38.5 Å². The van der Waals surface area contributed by atoms with E-state index in [1.54, 1.807) is 0 Å². The van der Waals surface area contributed by atoms with Crippen LogP contribution in [0.25, 0.3) is 0 Å². The minimum atomic E-state index is 0.285. The molecule has 4 nitrogen and oxygen atoms in total. The van der Waals surface area contributed by atoms with Crippen molar-refractivity contribution in [2.75, 3.05) is 24.6 Å². The van der Waals surface area contributed by atoms with E-state index in [1.165, 1.54) is 11.3 Å². The van der Waals surface area contributed by atoms with Crippen molar-refractivity contribution in [1.82, 2.24) is 10.3 Å². The van der Waals surface area contributed by atoms with Crippen LogP contribution in [0.3, 0.4) is 0 Å². The summed E-state index contributed by atoms with van der Waals surface area (Å²) < 4.78 is 5.61. The van der Waals surface area contributed by atoms with E-state index in [0.29, 0.717) is 6.04 Å². The molecule has 0 bridgehead atoms. The van der Waals surface area contributed by atoms with E-state index in [-0.39, 0.29) is 6.10 Å². The Bertz CT molecular complexity index is 434. The van der Waals surface area contributed by atoms with Crippen LogP contribution in [0.5, 0.6) is 0 Å². The highest BCUT2D eigenvalue weighted by Gasteiger charge is 2.18. The van der Waals surface area contributed by atoms with Crippen molar-refractivity contribution in [3.63, 3.8) is 0 Å². The molecule has 1 aliphatic heterocycles. The largest absolute Gasteiger partial charge is 0.375 e. The van der Waals surface area contributed by atoms with Gasteiger partial charge in [-0.2, -0.15) is 0 Å². The lowest BCUT2D eigenvalue weighted by molar-refractivity contribution is 0.0529. The van der Waals surface area contributed by atoms with Gasteiger partial charge in [-0.1, -0.05) is 20.8 Å². The van der Waals surface area contributed by atoms with E-state index in [2.05, 4.69) is 50.0 Å². The first-order valence-corrected chi connectivity index (χ1v) is 7.68. The third-order valence-corrected chi connectivity index (χ3v) is 3.57. The number of hydrogen-bond acceptors (Lipinski definition) is 4. The molecule has 2 rings (SSSR count). The molecule has 4 heteroatoms. The zero-order chi connectivity index (χ0) is 14.5. The van der Waals surface area contributed by atoms with Gasteiger partial charge in [0.15, 0.2) is 0 Å². The summed E-state index contributed by atoms with van der Waals surface area (Å²) in [5, 5.41) is 3.48. The molecule has 1 atom stereocenters. The zero-order valence-corrected chi connectivity index (χ0v) is 13.1. The smallest absolute Gasteiger partial charge is 0.129 e. The number of hydrogen-bond donors (Lipinski definition) is 1. The summed E-state index contributed by atoms with van der Waals surface area (Å²) in [6.07, 6.45) is 1.26. The Labute approximate surface area is 122 Å². The molecule has 1 aromatic rings.